The average molecular weight is 395 g/mol. The van der Waals surface area contributed by atoms with E-state index in [2.05, 4.69) is 10.3 Å². The van der Waals surface area contributed by atoms with Crippen LogP contribution in [0.3, 0.4) is 0 Å². The molecule has 0 aliphatic heterocycles. The molecule has 1 aliphatic rings. The Morgan fingerprint density at radius 2 is 1.90 bits per heavy atom. The van der Waals surface area contributed by atoms with Gasteiger partial charge in [0.05, 0.1) is 18.3 Å². The van der Waals surface area contributed by atoms with Gasteiger partial charge < -0.3 is 4.52 Å². The molecule has 0 unspecified atom stereocenters. The van der Waals surface area contributed by atoms with E-state index in [0.717, 1.165) is 25.7 Å². The summed E-state index contributed by atoms with van der Waals surface area (Å²) < 4.78 is 20.3. The molecule has 7 heteroatoms. The van der Waals surface area contributed by atoms with Gasteiger partial charge in [0.2, 0.25) is 11.5 Å². The summed E-state index contributed by atoms with van der Waals surface area (Å²) in [6.45, 7) is 0. The van der Waals surface area contributed by atoms with Gasteiger partial charge in [-0.15, -0.1) is 0 Å². The van der Waals surface area contributed by atoms with Crippen molar-refractivity contribution in [1.82, 2.24) is 14.9 Å². The number of rotatable bonds is 7. The maximum atomic E-state index is 13.9. The molecule has 0 atom stereocenters. The molecule has 3 aromatic rings. The summed E-state index contributed by atoms with van der Waals surface area (Å²) >= 11 is 0. The molecule has 0 N–H and O–H groups in total. The zero-order chi connectivity index (χ0) is 20.2. The molecule has 1 aliphatic carbocycles. The third-order valence-electron chi connectivity index (χ3n) is 5.59. The van der Waals surface area contributed by atoms with Crippen LogP contribution in [0.4, 0.5) is 4.39 Å². The summed E-state index contributed by atoms with van der Waals surface area (Å²) in [5.74, 6) is 0.335. The molecule has 0 saturated heterocycles. The first kappa shape index (κ1) is 19.2. The predicted molar refractivity (Wildman–Crippen MR) is 103 cm³/mol. The Labute approximate surface area is 167 Å². The number of aromatic nitrogens is 3. The van der Waals surface area contributed by atoms with Gasteiger partial charge in [-0.3, -0.25) is 9.59 Å². The predicted octanol–water partition coefficient (Wildman–Crippen LogP) is 4.19. The zero-order valence-corrected chi connectivity index (χ0v) is 16.0. The summed E-state index contributed by atoms with van der Waals surface area (Å²) in [4.78, 5) is 24.8. The van der Waals surface area contributed by atoms with E-state index in [4.69, 9.17) is 4.52 Å². The number of carbonyl (C=O) groups excluding carboxylic acids is 2. The van der Waals surface area contributed by atoms with Crippen LogP contribution in [0.15, 0.2) is 53.3 Å². The second-order valence-corrected chi connectivity index (χ2v) is 7.57. The number of Topliss-reactive ketones (excluding diaryl/α,β-unsaturated/α-hetero) is 2. The summed E-state index contributed by atoms with van der Waals surface area (Å²) in [7, 11) is 0. The van der Waals surface area contributed by atoms with Gasteiger partial charge in [0.1, 0.15) is 17.3 Å². The number of nitrogens with zero attached hydrogens (tertiary/aromatic N) is 3. The van der Waals surface area contributed by atoms with Crippen LogP contribution in [-0.4, -0.2) is 26.5 Å². The van der Waals surface area contributed by atoms with E-state index in [0.29, 0.717) is 23.6 Å². The Bertz CT molecular complexity index is 988. The quantitative estimate of drug-likeness (QED) is 0.561. The fourth-order valence-electron chi connectivity index (χ4n) is 3.96. The monoisotopic (exact) mass is 395 g/mol. The van der Waals surface area contributed by atoms with Crippen LogP contribution in [-0.2, 0) is 11.2 Å². The highest BCUT2D eigenvalue weighted by Gasteiger charge is 2.28. The van der Waals surface area contributed by atoms with Crippen LogP contribution in [0.5, 0.6) is 0 Å². The van der Waals surface area contributed by atoms with Gasteiger partial charge in [-0.25, -0.2) is 9.07 Å². The standard InChI is InChI=1S/C22H22FN3O3/c23-18-3-1-2-4-19(18)26-12-10-17(25-26)14-20(27)16-7-5-15(6-8-16)13-21(28)22-9-11-24-29-22/h1-4,9-12,15-16H,5-8,13-14H2. The minimum atomic E-state index is -0.355. The fourth-order valence-corrected chi connectivity index (χ4v) is 3.96. The van der Waals surface area contributed by atoms with Gasteiger partial charge in [0.15, 0.2) is 0 Å². The second kappa shape index (κ2) is 8.51. The van der Waals surface area contributed by atoms with Crippen LogP contribution in [0.2, 0.25) is 0 Å². The Morgan fingerprint density at radius 3 is 2.62 bits per heavy atom. The molecular weight excluding hydrogens is 373 g/mol. The van der Waals surface area contributed by atoms with Crippen LogP contribution in [0.1, 0.15) is 48.4 Å². The van der Waals surface area contributed by atoms with Gasteiger partial charge in [-0.05, 0) is 49.8 Å². The van der Waals surface area contributed by atoms with Crippen molar-refractivity contribution in [2.45, 2.75) is 38.5 Å². The molecule has 29 heavy (non-hydrogen) atoms. The molecule has 6 nitrogen and oxygen atoms in total. The molecule has 0 spiro atoms. The summed E-state index contributed by atoms with van der Waals surface area (Å²) in [5.41, 5.74) is 1.00. The number of halogens is 1. The lowest BCUT2D eigenvalue weighted by molar-refractivity contribution is -0.123. The highest BCUT2D eigenvalue weighted by atomic mass is 19.1. The molecule has 150 valence electrons. The molecule has 0 radical (unpaired) electrons. The Kier molecular flexibility index (Phi) is 5.64. The van der Waals surface area contributed by atoms with E-state index in [1.54, 1.807) is 36.5 Å². The lowest BCUT2D eigenvalue weighted by Gasteiger charge is -2.26. The normalized spacial score (nSPS) is 19.2. The summed E-state index contributed by atoms with van der Waals surface area (Å²) in [5, 5.41) is 7.92. The first-order valence-electron chi connectivity index (χ1n) is 9.86. The first-order valence-corrected chi connectivity index (χ1v) is 9.86. The van der Waals surface area contributed by atoms with E-state index in [1.165, 1.54) is 16.9 Å². The van der Waals surface area contributed by atoms with E-state index < -0.39 is 0 Å². The van der Waals surface area contributed by atoms with Gasteiger partial charge >= 0.3 is 0 Å². The summed E-state index contributed by atoms with van der Waals surface area (Å²) in [6, 6.07) is 9.74. The minimum Gasteiger partial charge on any atom is -0.353 e. The van der Waals surface area contributed by atoms with Crippen molar-refractivity contribution in [3.05, 3.63) is 66.1 Å². The number of para-hydroxylation sites is 1. The van der Waals surface area contributed by atoms with Crippen molar-refractivity contribution >= 4 is 11.6 Å². The highest BCUT2D eigenvalue weighted by Crippen LogP contribution is 2.32. The fraction of sp³-hybridized carbons (Fsp3) is 0.364. The van der Waals surface area contributed by atoms with Crippen molar-refractivity contribution in [2.75, 3.05) is 0 Å². The molecule has 2 heterocycles. The maximum Gasteiger partial charge on any atom is 0.202 e. The van der Waals surface area contributed by atoms with Crippen molar-refractivity contribution in [2.24, 2.45) is 11.8 Å². The molecule has 1 fully saturated rings. The van der Waals surface area contributed by atoms with Crippen molar-refractivity contribution in [3.8, 4) is 5.69 Å². The van der Waals surface area contributed by atoms with Gasteiger partial charge in [-0.1, -0.05) is 17.3 Å². The van der Waals surface area contributed by atoms with Crippen molar-refractivity contribution in [1.29, 1.82) is 0 Å². The SMILES string of the molecule is O=C(CC1CCC(C(=O)Cc2ccn(-c3ccccc3F)n2)CC1)c1ccno1. The molecule has 0 bridgehead atoms. The van der Waals surface area contributed by atoms with Crippen LogP contribution >= 0.6 is 0 Å². The number of benzene rings is 1. The lowest BCUT2D eigenvalue weighted by atomic mass is 9.77. The van der Waals surface area contributed by atoms with E-state index >= 15 is 0 Å². The molecule has 4 rings (SSSR count). The van der Waals surface area contributed by atoms with Gasteiger partial charge in [0, 0.05) is 24.6 Å². The largest absolute Gasteiger partial charge is 0.353 e. The van der Waals surface area contributed by atoms with E-state index in [9.17, 15) is 14.0 Å². The van der Waals surface area contributed by atoms with E-state index in [1.807, 2.05) is 0 Å². The molecule has 1 saturated carbocycles. The van der Waals surface area contributed by atoms with Crippen LogP contribution < -0.4 is 0 Å². The summed E-state index contributed by atoms with van der Waals surface area (Å²) in [6.07, 6.45) is 7.07. The topological polar surface area (TPSA) is 78.0 Å². The molecule has 2 aromatic heterocycles. The smallest absolute Gasteiger partial charge is 0.202 e. The minimum absolute atomic E-state index is 0.00903. The van der Waals surface area contributed by atoms with Crippen LogP contribution in [0.25, 0.3) is 5.69 Å². The first-order chi connectivity index (χ1) is 14.1. The second-order valence-electron chi connectivity index (χ2n) is 7.57. The number of hydrogen-bond donors (Lipinski definition) is 0. The zero-order valence-electron chi connectivity index (χ0n) is 16.0. The lowest BCUT2D eigenvalue weighted by Crippen LogP contribution is -2.24. The molecular formula is C22H22FN3O3. The highest BCUT2D eigenvalue weighted by molar-refractivity contribution is 5.93. The third-order valence-corrected chi connectivity index (χ3v) is 5.59. The van der Waals surface area contributed by atoms with Gasteiger partial charge in [0.25, 0.3) is 0 Å². The Balaban J connectivity index is 1.29. The van der Waals surface area contributed by atoms with Gasteiger partial charge in [-0.2, -0.15) is 5.10 Å². The van der Waals surface area contributed by atoms with Crippen molar-refractivity contribution in [3.63, 3.8) is 0 Å². The number of ketones is 2. The molecule has 1 aromatic carbocycles. The van der Waals surface area contributed by atoms with E-state index in [-0.39, 0.29) is 35.6 Å². The molecule has 0 amide bonds. The number of carbonyl (C=O) groups is 2. The maximum absolute atomic E-state index is 13.9. The Morgan fingerprint density at radius 1 is 1.10 bits per heavy atom. The Hall–Kier alpha value is -3.09. The average Bonchev–Trinajstić information content (AvgIpc) is 3.41. The van der Waals surface area contributed by atoms with Crippen molar-refractivity contribution < 1.29 is 18.5 Å². The third kappa shape index (κ3) is 4.50. The van der Waals surface area contributed by atoms with Crippen LogP contribution in [0, 0.1) is 17.7 Å². The number of hydrogen-bond acceptors (Lipinski definition) is 5.